The second-order valence-corrected chi connectivity index (χ2v) is 9.46. The molecule has 5 rings (SSSR count). The Hall–Kier alpha value is -3.37. The third-order valence-electron chi connectivity index (χ3n) is 6.41. The summed E-state index contributed by atoms with van der Waals surface area (Å²) in [6.07, 6.45) is 6.70. The van der Waals surface area contributed by atoms with Gasteiger partial charge in [0.1, 0.15) is 23.3 Å². The monoisotopic (exact) mass is 571 g/mol. The number of carbonyl (C=O) groups excluding carboxylic acids is 1. The molecule has 0 atom stereocenters. The van der Waals surface area contributed by atoms with E-state index in [2.05, 4.69) is 15.3 Å². The highest BCUT2D eigenvalue weighted by atomic mass is 35.5. The minimum absolute atomic E-state index is 0. The van der Waals surface area contributed by atoms with Crippen molar-refractivity contribution in [3.05, 3.63) is 71.6 Å². The molecule has 39 heavy (non-hydrogen) atoms. The maximum atomic E-state index is 12.9. The summed E-state index contributed by atoms with van der Waals surface area (Å²) in [7, 11) is 0. The van der Waals surface area contributed by atoms with Gasteiger partial charge in [0.05, 0.1) is 30.4 Å². The van der Waals surface area contributed by atoms with Crippen molar-refractivity contribution in [2.45, 2.75) is 25.8 Å². The topological polar surface area (TPSA) is 102 Å². The Balaban J connectivity index is 0.00000353. The van der Waals surface area contributed by atoms with Gasteiger partial charge in [-0.1, -0.05) is 17.7 Å². The van der Waals surface area contributed by atoms with Gasteiger partial charge in [0.25, 0.3) is 5.91 Å². The minimum Gasteiger partial charge on any atom is -0.456 e. The number of nitrogens with zero attached hydrogens (tertiary/aromatic N) is 4. The first-order valence-corrected chi connectivity index (χ1v) is 13.1. The number of rotatable bonds is 10. The Bertz CT molecular complexity index is 1410. The molecule has 0 spiro atoms. The molecule has 3 heterocycles. The number of amides is 1. The molecule has 206 valence electrons. The first-order valence-electron chi connectivity index (χ1n) is 12.7. The van der Waals surface area contributed by atoms with Crippen LogP contribution in [0.4, 0.5) is 11.5 Å². The second kappa shape index (κ2) is 13.6. The number of benzene rings is 2. The summed E-state index contributed by atoms with van der Waals surface area (Å²) in [5.74, 6) is 1.70. The fraction of sp³-hybridized carbons (Fsp3) is 0.321. The standard InChI is InChI=1S/C28H30ClN5O4.ClH/c29-23-18-21(32-27-26-24(30-19-31-27)9-12-33(26)13-15-37-16-14-35)7-8-25(23)38-22-6-4-5-20(17-22)28(36)34-10-2-1-3-11-34;/h4-9,12,17-19,35H,1-3,10-11,13-16H2,(H,30,31,32);1H. The minimum atomic E-state index is -0.00895. The van der Waals surface area contributed by atoms with Crippen LogP contribution in [0.2, 0.25) is 5.02 Å². The largest absolute Gasteiger partial charge is 0.456 e. The van der Waals surface area contributed by atoms with Crippen molar-refractivity contribution in [3.8, 4) is 11.5 Å². The molecule has 1 fully saturated rings. The number of aromatic nitrogens is 3. The number of halogens is 2. The Kier molecular flexibility index (Phi) is 10.00. The van der Waals surface area contributed by atoms with E-state index in [4.69, 9.17) is 26.2 Å². The van der Waals surface area contributed by atoms with Crippen molar-refractivity contribution in [1.29, 1.82) is 0 Å². The molecule has 1 amide bonds. The quantitative estimate of drug-likeness (QED) is 0.236. The van der Waals surface area contributed by atoms with Crippen LogP contribution in [0.15, 0.2) is 61.1 Å². The number of ether oxygens (including phenoxy) is 2. The molecular weight excluding hydrogens is 541 g/mol. The van der Waals surface area contributed by atoms with Crippen LogP contribution in [-0.4, -0.2) is 63.4 Å². The van der Waals surface area contributed by atoms with Gasteiger partial charge in [-0.2, -0.15) is 0 Å². The molecule has 2 N–H and O–H groups in total. The molecule has 0 radical (unpaired) electrons. The van der Waals surface area contributed by atoms with E-state index in [0.717, 1.165) is 42.7 Å². The van der Waals surface area contributed by atoms with Crippen LogP contribution in [0.25, 0.3) is 11.0 Å². The molecule has 0 aliphatic carbocycles. The Morgan fingerprint density at radius 3 is 2.69 bits per heavy atom. The van der Waals surface area contributed by atoms with Crippen molar-refractivity contribution in [1.82, 2.24) is 19.4 Å². The molecule has 1 saturated heterocycles. The van der Waals surface area contributed by atoms with Gasteiger partial charge in [0.15, 0.2) is 5.82 Å². The van der Waals surface area contributed by atoms with Crippen molar-refractivity contribution in [3.63, 3.8) is 0 Å². The van der Waals surface area contributed by atoms with Crippen LogP contribution in [0, 0.1) is 0 Å². The Morgan fingerprint density at radius 2 is 1.90 bits per heavy atom. The number of likely N-dealkylation sites (tertiary alicyclic amines) is 1. The normalized spacial score (nSPS) is 13.2. The van der Waals surface area contributed by atoms with Crippen LogP contribution in [-0.2, 0) is 11.3 Å². The predicted octanol–water partition coefficient (Wildman–Crippen LogP) is 5.68. The number of hydrogen-bond donors (Lipinski definition) is 2. The highest BCUT2D eigenvalue weighted by molar-refractivity contribution is 6.32. The fourth-order valence-electron chi connectivity index (χ4n) is 4.54. The van der Waals surface area contributed by atoms with Gasteiger partial charge in [-0.25, -0.2) is 9.97 Å². The lowest BCUT2D eigenvalue weighted by molar-refractivity contribution is 0.0724. The second-order valence-electron chi connectivity index (χ2n) is 9.05. The summed E-state index contributed by atoms with van der Waals surface area (Å²) >= 11 is 6.58. The highest BCUT2D eigenvalue weighted by Crippen LogP contribution is 2.34. The van der Waals surface area contributed by atoms with Gasteiger partial charge in [-0.05, 0) is 61.7 Å². The summed E-state index contributed by atoms with van der Waals surface area (Å²) in [5.41, 5.74) is 2.98. The molecule has 0 bridgehead atoms. The van der Waals surface area contributed by atoms with Gasteiger partial charge < -0.3 is 29.4 Å². The zero-order valence-corrected chi connectivity index (χ0v) is 23.0. The number of anilines is 2. The predicted molar refractivity (Wildman–Crippen MR) is 154 cm³/mol. The first kappa shape index (κ1) is 28.6. The average molecular weight is 572 g/mol. The number of aliphatic hydroxyl groups is 1. The lowest BCUT2D eigenvalue weighted by atomic mass is 10.1. The number of aliphatic hydroxyl groups excluding tert-OH is 1. The number of hydrogen-bond acceptors (Lipinski definition) is 7. The third kappa shape index (κ3) is 6.99. The van der Waals surface area contributed by atoms with Gasteiger partial charge in [-0.15, -0.1) is 12.4 Å². The highest BCUT2D eigenvalue weighted by Gasteiger charge is 2.19. The van der Waals surface area contributed by atoms with Crippen LogP contribution in [0.1, 0.15) is 29.6 Å². The Labute approximate surface area is 238 Å². The third-order valence-corrected chi connectivity index (χ3v) is 6.70. The zero-order valence-electron chi connectivity index (χ0n) is 21.4. The van der Waals surface area contributed by atoms with Crippen LogP contribution in [0.5, 0.6) is 11.5 Å². The molecular formula is C28H31Cl2N5O4. The molecule has 1 aliphatic rings. The summed E-state index contributed by atoms with van der Waals surface area (Å²) in [4.78, 5) is 23.6. The smallest absolute Gasteiger partial charge is 0.253 e. The number of piperidine rings is 1. The van der Waals surface area contributed by atoms with E-state index in [1.807, 2.05) is 46.0 Å². The fourth-order valence-corrected chi connectivity index (χ4v) is 4.76. The molecule has 11 heteroatoms. The lowest BCUT2D eigenvalue weighted by Gasteiger charge is -2.26. The molecule has 1 aliphatic heterocycles. The van der Waals surface area contributed by atoms with Gasteiger partial charge in [0, 0.05) is 37.1 Å². The lowest BCUT2D eigenvalue weighted by Crippen LogP contribution is -2.35. The zero-order chi connectivity index (χ0) is 26.3. The van der Waals surface area contributed by atoms with Gasteiger partial charge >= 0.3 is 0 Å². The Morgan fingerprint density at radius 1 is 1.05 bits per heavy atom. The van der Waals surface area contributed by atoms with E-state index in [1.165, 1.54) is 12.7 Å². The van der Waals surface area contributed by atoms with Crippen molar-refractivity contribution in [2.75, 3.05) is 38.2 Å². The van der Waals surface area contributed by atoms with E-state index < -0.39 is 0 Å². The van der Waals surface area contributed by atoms with Crippen LogP contribution < -0.4 is 10.1 Å². The van der Waals surface area contributed by atoms with E-state index in [9.17, 15) is 4.79 Å². The molecule has 2 aromatic carbocycles. The van der Waals surface area contributed by atoms with E-state index >= 15 is 0 Å². The molecule has 0 saturated carbocycles. The first-order chi connectivity index (χ1) is 18.6. The maximum Gasteiger partial charge on any atom is 0.253 e. The van der Waals surface area contributed by atoms with Gasteiger partial charge in [0.2, 0.25) is 0 Å². The number of carbonyl (C=O) groups is 1. The molecule has 9 nitrogen and oxygen atoms in total. The summed E-state index contributed by atoms with van der Waals surface area (Å²) in [5, 5.41) is 12.7. The summed E-state index contributed by atoms with van der Waals surface area (Å²) in [6.45, 7) is 2.94. The molecule has 4 aromatic rings. The summed E-state index contributed by atoms with van der Waals surface area (Å²) < 4.78 is 13.5. The number of nitrogens with one attached hydrogen (secondary N) is 1. The summed E-state index contributed by atoms with van der Waals surface area (Å²) in [6, 6.07) is 14.5. The SMILES string of the molecule is Cl.O=C(c1cccc(Oc2ccc(Nc3ncnc4ccn(CCOCCO)c34)cc2Cl)c1)N1CCCCC1. The maximum absolute atomic E-state index is 12.9. The van der Waals surface area contributed by atoms with E-state index in [0.29, 0.717) is 47.7 Å². The van der Waals surface area contributed by atoms with Crippen molar-refractivity contribution in [2.24, 2.45) is 0 Å². The van der Waals surface area contributed by atoms with Gasteiger partial charge in [-0.3, -0.25) is 4.79 Å². The molecule has 0 unspecified atom stereocenters. The number of fused-ring (bicyclic) bond motifs is 1. The van der Waals surface area contributed by atoms with Crippen LogP contribution in [0.3, 0.4) is 0 Å². The van der Waals surface area contributed by atoms with E-state index in [-0.39, 0.29) is 24.9 Å². The average Bonchev–Trinajstić information content (AvgIpc) is 3.37. The van der Waals surface area contributed by atoms with Crippen molar-refractivity contribution < 1.29 is 19.4 Å². The van der Waals surface area contributed by atoms with Crippen LogP contribution >= 0.6 is 24.0 Å². The van der Waals surface area contributed by atoms with Crippen molar-refractivity contribution >= 4 is 52.5 Å². The van der Waals surface area contributed by atoms with E-state index in [1.54, 1.807) is 18.2 Å². The molecule has 2 aromatic heterocycles.